The summed E-state index contributed by atoms with van der Waals surface area (Å²) in [5, 5.41) is 2.99. The fourth-order valence-electron chi connectivity index (χ4n) is 3.06. The highest BCUT2D eigenvalue weighted by Gasteiger charge is 2.52. The number of hydrogen-bond donors (Lipinski definition) is 1. The standard InChI is InChI=1S/C17H32N2O2/c1-8-12(4)11-19-14(20)13(16(5,6)7)18-15(21)17(19,9-2)10-3/h12-13H,8-11H2,1-7H3,(H,18,21). The van der Waals surface area contributed by atoms with Gasteiger partial charge in [-0.1, -0.05) is 54.9 Å². The fraction of sp³-hybridized carbons (Fsp3) is 0.882. The third-order valence-electron chi connectivity index (χ3n) is 4.95. The molecule has 21 heavy (non-hydrogen) atoms. The van der Waals surface area contributed by atoms with E-state index in [-0.39, 0.29) is 17.2 Å². The summed E-state index contributed by atoms with van der Waals surface area (Å²) in [7, 11) is 0. The summed E-state index contributed by atoms with van der Waals surface area (Å²) in [4.78, 5) is 27.6. The van der Waals surface area contributed by atoms with E-state index in [0.717, 1.165) is 6.42 Å². The van der Waals surface area contributed by atoms with Crippen LogP contribution in [0.2, 0.25) is 0 Å². The van der Waals surface area contributed by atoms with Gasteiger partial charge in [0.1, 0.15) is 11.6 Å². The highest BCUT2D eigenvalue weighted by Crippen LogP contribution is 2.34. The van der Waals surface area contributed by atoms with Gasteiger partial charge < -0.3 is 10.2 Å². The lowest BCUT2D eigenvalue weighted by molar-refractivity contribution is -0.162. The largest absolute Gasteiger partial charge is 0.342 e. The Morgan fingerprint density at radius 2 is 1.71 bits per heavy atom. The molecule has 1 fully saturated rings. The van der Waals surface area contributed by atoms with Crippen LogP contribution in [0.25, 0.3) is 0 Å². The SMILES string of the molecule is CCC(C)CN1C(=O)C(C(C)(C)C)NC(=O)C1(CC)CC. The number of carbonyl (C=O) groups is 2. The van der Waals surface area contributed by atoms with Crippen molar-refractivity contribution in [2.45, 2.75) is 79.3 Å². The number of nitrogens with zero attached hydrogens (tertiary/aromatic N) is 1. The third kappa shape index (κ3) is 3.24. The minimum atomic E-state index is -0.678. The number of amides is 2. The topological polar surface area (TPSA) is 49.4 Å². The van der Waals surface area contributed by atoms with Crippen LogP contribution >= 0.6 is 0 Å². The van der Waals surface area contributed by atoms with Crippen LogP contribution in [-0.4, -0.2) is 34.8 Å². The van der Waals surface area contributed by atoms with E-state index in [2.05, 4.69) is 19.2 Å². The van der Waals surface area contributed by atoms with Crippen LogP contribution in [0, 0.1) is 11.3 Å². The van der Waals surface area contributed by atoms with E-state index in [0.29, 0.717) is 25.3 Å². The Labute approximate surface area is 129 Å². The number of carbonyl (C=O) groups excluding carboxylic acids is 2. The quantitative estimate of drug-likeness (QED) is 0.848. The van der Waals surface area contributed by atoms with Crippen LogP contribution in [-0.2, 0) is 9.59 Å². The van der Waals surface area contributed by atoms with Crippen molar-refractivity contribution in [1.82, 2.24) is 10.2 Å². The van der Waals surface area contributed by atoms with Crippen molar-refractivity contribution in [3.63, 3.8) is 0 Å². The van der Waals surface area contributed by atoms with Crippen molar-refractivity contribution in [1.29, 1.82) is 0 Å². The van der Waals surface area contributed by atoms with Gasteiger partial charge in [-0.15, -0.1) is 0 Å². The zero-order chi connectivity index (χ0) is 16.4. The summed E-state index contributed by atoms with van der Waals surface area (Å²) >= 11 is 0. The number of rotatable bonds is 5. The Hall–Kier alpha value is -1.06. The summed E-state index contributed by atoms with van der Waals surface area (Å²) in [5.74, 6) is 0.486. The maximum atomic E-state index is 13.0. The molecule has 0 aromatic rings. The molecule has 0 aromatic heterocycles. The molecular weight excluding hydrogens is 264 g/mol. The average molecular weight is 296 g/mol. The molecule has 2 amide bonds. The van der Waals surface area contributed by atoms with Gasteiger partial charge in [-0.25, -0.2) is 0 Å². The lowest BCUT2D eigenvalue weighted by Gasteiger charge is -2.51. The predicted octanol–water partition coefficient (Wildman–Crippen LogP) is 2.96. The van der Waals surface area contributed by atoms with Crippen LogP contribution in [0.15, 0.2) is 0 Å². The van der Waals surface area contributed by atoms with Gasteiger partial charge in [0.2, 0.25) is 11.8 Å². The molecule has 122 valence electrons. The average Bonchev–Trinajstić information content (AvgIpc) is 2.42. The molecular formula is C17H32N2O2. The first-order valence-electron chi connectivity index (χ1n) is 8.26. The van der Waals surface area contributed by atoms with Gasteiger partial charge >= 0.3 is 0 Å². The van der Waals surface area contributed by atoms with E-state index in [1.807, 2.05) is 39.5 Å². The maximum absolute atomic E-state index is 13.0. The predicted molar refractivity (Wildman–Crippen MR) is 85.9 cm³/mol. The summed E-state index contributed by atoms with van der Waals surface area (Å²) in [6.07, 6.45) is 2.33. The van der Waals surface area contributed by atoms with Crippen LogP contribution in [0.3, 0.4) is 0 Å². The van der Waals surface area contributed by atoms with Crippen molar-refractivity contribution >= 4 is 11.8 Å². The summed E-state index contributed by atoms with van der Waals surface area (Å²) in [6.45, 7) is 14.9. The number of hydrogen-bond acceptors (Lipinski definition) is 2. The van der Waals surface area contributed by atoms with Gasteiger partial charge in [-0.2, -0.15) is 0 Å². The molecule has 0 spiro atoms. The second kappa shape index (κ2) is 6.37. The normalized spacial score (nSPS) is 24.0. The van der Waals surface area contributed by atoms with Crippen LogP contribution in [0.4, 0.5) is 0 Å². The minimum absolute atomic E-state index is 0.00956. The van der Waals surface area contributed by atoms with E-state index >= 15 is 0 Å². The molecule has 2 atom stereocenters. The molecule has 1 saturated heterocycles. The maximum Gasteiger partial charge on any atom is 0.246 e. The summed E-state index contributed by atoms with van der Waals surface area (Å²) < 4.78 is 0. The Balaban J connectivity index is 3.23. The van der Waals surface area contributed by atoms with Gasteiger partial charge in [-0.3, -0.25) is 9.59 Å². The Morgan fingerprint density at radius 1 is 1.19 bits per heavy atom. The third-order valence-corrected chi connectivity index (χ3v) is 4.95. The molecule has 1 aliphatic rings. The Kier molecular flexibility index (Phi) is 5.46. The monoisotopic (exact) mass is 296 g/mol. The van der Waals surface area contributed by atoms with Gasteiger partial charge in [0, 0.05) is 6.54 Å². The first-order chi connectivity index (χ1) is 9.63. The molecule has 1 rings (SSSR count). The van der Waals surface area contributed by atoms with Crippen molar-refractivity contribution in [2.75, 3.05) is 6.54 Å². The molecule has 4 nitrogen and oxygen atoms in total. The highest BCUT2D eigenvalue weighted by atomic mass is 16.2. The van der Waals surface area contributed by atoms with Crippen molar-refractivity contribution in [3.05, 3.63) is 0 Å². The lowest BCUT2D eigenvalue weighted by atomic mass is 9.78. The second-order valence-corrected chi connectivity index (χ2v) is 7.47. The molecule has 0 saturated carbocycles. The van der Waals surface area contributed by atoms with Gasteiger partial charge in [0.25, 0.3) is 0 Å². The highest BCUT2D eigenvalue weighted by molar-refractivity contribution is 6.00. The molecule has 0 bridgehead atoms. The molecule has 0 aliphatic carbocycles. The lowest BCUT2D eigenvalue weighted by Crippen LogP contribution is -2.72. The van der Waals surface area contributed by atoms with E-state index in [4.69, 9.17) is 0 Å². The molecule has 1 aliphatic heterocycles. The van der Waals surface area contributed by atoms with Crippen LogP contribution < -0.4 is 5.32 Å². The Morgan fingerprint density at radius 3 is 2.10 bits per heavy atom. The number of nitrogens with one attached hydrogen (secondary N) is 1. The van der Waals surface area contributed by atoms with E-state index < -0.39 is 11.6 Å². The van der Waals surface area contributed by atoms with Gasteiger partial charge in [-0.05, 0) is 24.2 Å². The van der Waals surface area contributed by atoms with Crippen molar-refractivity contribution < 1.29 is 9.59 Å². The van der Waals surface area contributed by atoms with Crippen molar-refractivity contribution in [2.24, 2.45) is 11.3 Å². The zero-order valence-electron chi connectivity index (χ0n) is 14.7. The summed E-state index contributed by atoms with van der Waals surface area (Å²) in [5.41, 5.74) is -0.948. The summed E-state index contributed by atoms with van der Waals surface area (Å²) in [6, 6.07) is -0.430. The Bertz CT molecular complexity index is 394. The van der Waals surface area contributed by atoms with E-state index in [1.165, 1.54) is 0 Å². The molecule has 2 unspecified atom stereocenters. The van der Waals surface area contributed by atoms with E-state index in [9.17, 15) is 9.59 Å². The zero-order valence-corrected chi connectivity index (χ0v) is 14.7. The fourth-order valence-corrected chi connectivity index (χ4v) is 3.06. The minimum Gasteiger partial charge on any atom is -0.342 e. The molecule has 1 heterocycles. The van der Waals surface area contributed by atoms with Crippen LogP contribution in [0.1, 0.15) is 67.7 Å². The first kappa shape index (κ1) is 18.0. The van der Waals surface area contributed by atoms with Gasteiger partial charge in [0.05, 0.1) is 0 Å². The number of piperazine rings is 1. The second-order valence-electron chi connectivity index (χ2n) is 7.47. The molecule has 0 aromatic carbocycles. The molecule has 0 radical (unpaired) electrons. The smallest absolute Gasteiger partial charge is 0.246 e. The molecule has 1 N–H and O–H groups in total. The first-order valence-corrected chi connectivity index (χ1v) is 8.26. The molecule has 4 heteroatoms. The van der Waals surface area contributed by atoms with Crippen LogP contribution in [0.5, 0.6) is 0 Å². The van der Waals surface area contributed by atoms with Crippen molar-refractivity contribution in [3.8, 4) is 0 Å². The van der Waals surface area contributed by atoms with Gasteiger partial charge in [0.15, 0.2) is 0 Å². The van der Waals surface area contributed by atoms with E-state index in [1.54, 1.807) is 0 Å².